The summed E-state index contributed by atoms with van der Waals surface area (Å²) in [5.41, 5.74) is -0.413. The monoisotopic (exact) mass is 258 g/mol. The third kappa shape index (κ3) is 5.23. The van der Waals surface area contributed by atoms with Gasteiger partial charge in [0.15, 0.2) is 0 Å². The predicted molar refractivity (Wildman–Crippen MR) is 70.6 cm³/mol. The van der Waals surface area contributed by atoms with E-state index in [9.17, 15) is 4.79 Å². The first-order chi connectivity index (χ1) is 8.37. The number of amides is 1. The van der Waals surface area contributed by atoms with Crippen molar-refractivity contribution in [2.75, 3.05) is 33.4 Å². The first-order valence-corrected chi connectivity index (χ1v) is 6.53. The van der Waals surface area contributed by atoms with Crippen LogP contribution in [-0.4, -0.2) is 45.0 Å². The Morgan fingerprint density at radius 2 is 1.94 bits per heavy atom. The molecule has 1 rings (SSSR count). The van der Waals surface area contributed by atoms with E-state index in [-0.39, 0.29) is 11.5 Å². The molecule has 1 amide bonds. The number of carbonyl (C=O) groups is 1. The molecule has 1 fully saturated rings. The quantitative estimate of drug-likeness (QED) is 0.803. The van der Waals surface area contributed by atoms with Crippen LogP contribution in [0.1, 0.15) is 33.6 Å². The molecule has 0 aromatic rings. The van der Waals surface area contributed by atoms with E-state index in [1.807, 2.05) is 20.8 Å². The zero-order valence-electron chi connectivity index (χ0n) is 12.0. The van der Waals surface area contributed by atoms with Crippen LogP contribution in [0.3, 0.4) is 0 Å². The van der Waals surface area contributed by atoms with Gasteiger partial charge in [0.1, 0.15) is 5.60 Å². The lowest BCUT2D eigenvalue weighted by Crippen LogP contribution is -2.48. The van der Waals surface area contributed by atoms with Gasteiger partial charge in [0, 0.05) is 19.1 Å². The smallest absolute Gasteiger partial charge is 0.407 e. The molecule has 0 unspecified atom stereocenters. The Morgan fingerprint density at radius 3 is 2.44 bits per heavy atom. The molecular formula is C13H26N2O3. The highest BCUT2D eigenvalue weighted by Crippen LogP contribution is 2.28. The number of hydrogen-bond acceptors (Lipinski definition) is 4. The van der Waals surface area contributed by atoms with Gasteiger partial charge in [0.05, 0.1) is 6.61 Å². The Kier molecular flexibility index (Phi) is 5.41. The van der Waals surface area contributed by atoms with E-state index in [0.717, 1.165) is 25.9 Å². The van der Waals surface area contributed by atoms with Crippen LogP contribution >= 0.6 is 0 Å². The number of methoxy groups -OCH3 is 1. The van der Waals surface area contributed by atoms with Crippen LogP contribution in [0.25, 0.3) is 0 Å². The predicted octanol–water partition coefficient (Wildman–Crippen LogP) is 1.53. The summed E-state index contributed by atoms with van der Waals surface area (Å²) in [6.07, 6.45) is 1.67. The molecule has 0 radical (unpaired) electrons. The minimum absolute atomic E-state index is 0.0386. The maximum Gasteiger partial charge on any atom is 0.407 e. The fourth-order valence-corrected chi connectivity index (χ4v) is 2.21. The molecule has 1 aliphatic heterocycles. The van der Waals surface area contributed by atoms with E-state index in [0.29, 0.717) is 13.2 Å². The number of rotatable bonds is 4. The SMILES string of the molecule is COCC1(CNC(=O)OC(C)(C)C)CCNCC1. The lowest BCUT2D eigenvalue weighted by Gasteiger charge is -2.37. The van der Waals surface area contributed by atoms with Gasteiger partial charge >= 0.3 is 6.09 Å². The minimum atomic E-state index is -0.452. The Balaban J connectivity index is 2.44. The minimum Gasteiger partial charge on any atom is -0.444 e. The van der Waals surface area contributed by atoms with Crippen molar-refractivity contribution < 1.29 is 14.3 Å². The van der Waals surface area contributed by atoms with Crippen molar-refractivity contribution >= 4 is 6.09 Å². The molecule has 0 saturated carbocycles. The van der Waals surface area contributed by atoms with Gasteiger partial charge in [-0.15, -0.1) is 0 Å². The van der Waals surface area contributed by atoms with E-state index in [1.54, 1.807) is 7.11 Å². The zero-order valence-corrected chi connectivity index (χ0v) is 12.0. The molecule has 0 atom stereocenters. The van der Waals surface area contributed by atoms with E-state index < -0.39 is 5.60 Å². The summed E-state index contributed by atoms with van der Waals surface area (Å²) >= 11 is 0. The summed E-state index contributed by atoms with van der Waals surface area (Å²) in [5.74, 6) is 0. The summed E-state index contributed by atoms with van der Waals surface area (Å²) in [5, 5.41) is 6.19. The molecule has 1 saturated heterocycles. The van der Waals surface area contributed by atoms with Gasteiger partial charge in [0.25, 0.3) is 0 Å². The summed E-state index contributed by atoms with van der Waals surface area (Å²) in [6.45, 7) is 8.81. The normalized spacial score (nSPS) is 19.3. The number of nitrogens with one attached hydrogen (secondary N) is 2. The van der Waals surface area contributed by atoms with Gasteiger partial charge in [-0.05, 0) is 46.7 Å². The number of ether oxygens (including phenoxy) is 2. The van der Waals surface area contributed by atoms with Crippen LogP contribution in [0.4, 0.5) is 4.79 Å². The third-order valence-electron chi connectivity index (χ3n) is 3.12. The van der Waals surface area contributed by atoms with Gasteiger partial charge in [-0.2, -0.15) is 0 Å². The van der Waals surface area contributed by atoms with Crippen molar-refractivity contribution in [3.63, 3.8) is 0 Å². The first-order valence-electron chi connectivity index (χ1n) is 6.53. The van der Waals surface area contributed by atoms with Gasteiger partial charge in [-0.3, -0.25) is 0 Å². The van der Waals surface area contributed by atoms with E-state index in [2.05, 4.69) is 10.6 Å². The fourth-order valence-electron chi connectivity index (χ4n) is 2.21. The average Bonchev–Trinajstić information content (AvgIpc) is 2.26. The topological polar surface area (TPSA) is 59.6 Å². The molecule has 0 spiro atoms. The molecule has 5 nitrogen and oxygen atoms in total. The fraction of sp³-hybridized carbons (Fsp3) is 0.923. The maximum atomic E-state index is 11.7. The van der Waals surface area contributed by atoms with Gasteiger partial charge in [0.2, 0.25) is 0 Å². The highest BCUT2D eigenvalue weighted by Gasteiger charge is 2.33. The second kappa shape index (κ2) is 6.38. The van der Waals surface area contributed by atoms with Crippen LogP contribution in [-0.2, 0) is 9.47 Å². The molecular weight excluding hydrogens is 232 g/mol. The lowest BCUT2D eigenvalue weighted by molar-refractivity contribution is 0.0339. The summed E-state index contributed by atoms with van der Waals surface area (Å²) < 4.78 is 10.5. The van der Waals surface area contributed by atoms with Crippen LogP contribution in [0.2, 0.25) is 0 Å². The average molecular weight is 258 g/mol. The van der Waals surface area contributed by atoms with Crippen LogP contribution in [0, 0.1) is 5.41 Å². The highest BCUT2D eigenvalue weighted by molar-refractivity contribution is 5.67. The zero-order chi connectivity index (χ0) is 13.6. The van der Waals surface area contributed by atoms with Crippen molar-refractivity contribution in [1.29, 1.82) is 0 Å². The molecule has 106 valence electrons. The largest absolute Gasteiger partial charge is 0.444 e. The lowest BCUT2D eigenvalue weighted by atomic mass is 9.79. The van der Waals surface area contributed by atoms with Crippen molar-refractivity contribution in [3.8, 4) is 0 Å². The number of alkyl carbamates (subject to hydrolysis) is 1. The van der Waals surface area contributed by atoms with E-state index >= 15 is 0 Å². The Labute approximate surface area is 110 Å². The molecule has 5 heteroatoms. The number of carbonyl (C=O) groups excluding carboxylic acids is 1. The van der Waals surface area contributed by atoms with Crippen LogP contribution < -0.4 is 10.6 Å². The summed E-state index contributed by atoms with van der Waals surface area (Å²) in [4.78, 5) is 11.7. The second-order valence-corrected chi connectivity index (χ2v) is 6.04. The van der Waals surface area contributed by atoms with Crippen LogP contribution in [0.5, 0.6) is 0 Å². The van der Waals surface area contributed by atoms with Crippen molar-refractivity contribution in [1.82, 2.24) is 10.6 Å². The molecule has 0 bridgehead atoms. The van der Waals surface area contributed by atoms with Crippen LogP contribution in [0.15, 0.2) is 0 Å². The third-order valence-corrected chi connectivity index (χ3v) is 3.12. The highest BCUT2D eigenvalue weighted by atomic mass is 16.6. The Bertz CT molecular complexity index is 262. The van der Waals surface area contributed by atoms with Crippen molar-refractivity contribution in [2.45, 2.75) is 39.2 Å². The summed E-state index contributed by atoms with van der Waals surface area (Å²) in [7, 11) is 1.71. The van der Waals surface area contributed by atoms with Crippen molar-refractivity contribution in [2.24, 2.45) is 5.41 Å². The molecule has 0 aliphatic carbocycles. The van der Waals surface area contributed by atoms with Gasteiger partial charge in [-0.25, -0.2) is 4.79 Å². The van der Waals surface area contributed by atoms with Crippen molar-refractivity contribution in [3.05, 3.63) is 0 Å². The first kappa shape index (κ1) is 15.2. The molecule has 0 aromatic carbocycles. The Hall–Kier alpha value is -0.810. The number of piperidine rings is 1. The maximum absolute atomic E-state index is 11.7. The standard InChI is InChI=1S/C13H26N2O3/c1-12(2,3)18-11(16)15-9-13(10-17-4)5-7-14-8-6-13/h14H,5-10H2,1-4H3,(H,15,16). The molecule has 1 aliphatic rings. The molecule has 18 heavy (non-hydrogen) atoms. The van der Waals surface area contributed by atoms with Gasteiger partial charge in [-0.1, -0.05) is 0 Å². The second-order valence-electron chi connectivity index (χ2n) is 6.04. The summed E-state index contributed by atoms with van der Waals surface area (Å²) in [6, 6.07) is 0. The molecule has 0 aromatic heterocycles. The van der Waals surface area contributed by atoms with E-state index in [4.69, 9.17) is 9.47 Å². The Morgan fingerprint density at radius 1 is 1.33 bits per heavy atom. The number of hydrogen-bond donors (Lipinski definition) is 2. The van der Waals surface area contributed by atoms with Gasteiger partial charge < -0.3 is 20.1 Å². The molecule has 2 N–H and O–H groups in total. The molecule has 1 heterocycles. The van der Waals surface area contributed by atoms with E-state index in [1.165, 1.54) is 0 Å².